The highest BCUT2D eigenvalue weighted by Crippen LogP contribution is 2.20. The Hall–Kier alpha value is -1.90. The van der Waals surface area contributed by atoms with E-state index in [1.165, 1.54) is 0 Å². The van der Waals surface area contributed by atoms with E-state index in [-0.39, 0.29) is 18.3 Å². The van der Waals surface area contributed by atoms with E-state index in [0.29, 0.717) is 12.2 Å². The van der Waals surface area contributed by atoms with Crippen molar-refractivity contribution in [2.24, 2.45) is 0 Å². The van der Waals surface area contributed by atoms with Crippen LogP contribution >= 0.6 is 0 Å². The molecule has 1 aromatic rings. The van der Waals surface area contributed by atoms with E-state index in [0.717, 1.165) is 5.56 Å². The Labute approximate surface area is 113 Å². The molecule has 0 bridgehead atoms. The lowest BCUT2D eigenvalue weighted by Crippen LogP contribution is -2.07. The number of hydrogen-bond donors (Lipinski definition) is 0. The molecule has 0 amide bonds. The van der Waals surface area contributed by atoms with Crippen molar-refractivity contribution >= 4 is 17.5 Å². The van der Waals surface area contributed by atoms with Gasteiger partial charge in [0, 0.05) is 12.2 Å². The fraction of sp³-hybridized carbons (Fsp3) is 0.400. The fourth-order valence-corrected chi connectivity index (χ4v) is 1.69. The van der Waals surface area contributed by atoms with Gasteiger partial charge in [-0.3, -0.25) is 0 Å². The second-order valence-corrected chi connectivity index (χ2v) is 3.92. The predicted octanol–water partition coefficient (Wildman–Crippen LogP) is 2.56. The van der Waals surface area contributed by atoms with Crippen LogP contribution in [0.2, 0.25) is 0 Å². The molecular weight excluding hydrogens is 244 g/mol. The van der Waals surface area contributed by atoms with E-state index in [2.05, 4.69) is 0 Å². The first-order valence-electron chi connectivity index (χ1n) is 6.28. The van der Waals surface area contributed by atoms with Crippen LogP contribution in [0, 0.1) is 0 Å². The third kappa shape index (κ3) is 4.05. The summed E-state index contributed by atoms with van der Waals surface area (Å²) >= 11 is 0. The summed E-state index contributed by atoms with van der Waals surface area (Å²) in [4.78, 5) is 22.4. The van der Waals surface area contributed by atoms with E-state index < -0.39 is 5.97 Å². The number of carbonyl (C=O) groups excluding carboxylic acids is 2. The van der Waals surface area contributed by atoms with Gasteiger partial charge in [-0.25, -0.2) is 9.59 Å². The van der Waals surface area contributed by atoms with Crippen molar-refractivity contribution in [3.8, 4) is 0 Å². The lowest BCUT2D eigenvalue weighted by atomic mass is 10.0. The molecule has 4 heteroatoms. The van der Waals surface area contributed by atoms with Gasteiger partial charge in [0.15, 0.2) is 5.57 Å². The topological polar surface area (TPSA) is 52.6 Å². The maximum absolute atomic E-state index is 11.5. The van der Waals surface area contributed by atoms with Gasteiger partial charge >= 0.3 is 5.97 Å². The normalized spacial score (nSPS) is 11.5. The van der Waals surface area contributed by atoms with Crippen LogP contribution in [0.15, 0.2) is 24.3 Å². The Morgan fingerprint density at radius 3 is 2.32 bits per heavy atom. The molecule has 0 aliphatic heterocycles. The molecule has 102 valence electrons. The van der Waals surface area contributed by atoms with Crippen LogP contribution < -0.4 is 0 Å². The molecule has 0 saturated carbocycles. The molecule has 0 aliphatic carbocycles. The predicted molar refractivity (Wildman–Crippen MR) is 72.2 cm³/mol. The lowest BCUT2D eigenvalue weighted by molar-refractivity contribution is -0.135. The molecule has 0 radical (unpaired) electrons. The van der Waals surface area contributed by atoms with Crippen molar-refractivity contribution < 1.29 is 19.1 Å². The highest BCUT2D eigenvalue weighted by atomic mass is 16.5. The van der Waals surface area contributed by atoms with Crippen molar-refractivity contribution in [2.75, 3.05) is 13.2 Å². The molecule has 0 aliphatic rings. The minimum Gasteiger partial charge on any atom is -0.462 e. The molecule has 0 aromatic heterocycles. The zero-order chi connectivity index (χ0) is 14.3. The smallest absolute Gasteiger partial charge is 0.350 e. The number of carbonyl (C=O) groups is 1. The number of benzene rings is 1. The zero-order valence-corrected chi connectivity index (χ0v) is 11.4. The van der Waals surface area contributed by atoms with Gasteiger partial charge in [-0.15, -0.1) is 0 Å². The minimum atomic E-state index is -0.650. The molecule has 1 rings (SSSR count). The van der Waals surface area contributed by atoms with Crippen LogP contribution in [0.1, 0.15) is 38.0 Å². The number of ether oxygens (including phenoxy) is 2. The Bertz CT molecular complexity index is 469. The molecule has 0 saturated heterocycles. The largest absolute Gasteiger partial charge is 0.462 e. The Kier molecular flexibility index (Phi) is 6.00. The van der Waals surface area contributed by atoms with E-state index in [4.69, 9.17) is 9.47 Å². The van der Waals surface area contributed by atoms with Crippen LogP contribution in [-0.2, 0) is 19.1 Å². The number of esters is 1. The summed E-state index contributed by atoms with van der Waals surface area (Å²) in [6, 6.07) is 7.04. The standard InChI is InChI=1S/C15H18O4/c1-4-18-11(3)12-6-8-13(9-7-12)14(10-16)15(17)19-5-2/h6-9,11H,4-5H2,1-3H3. The van der Waals surface area contributed by atoms with Gasteiger partial charge in [-0.2, -0.15) is 0 Å². The Balaban J connectivity index is 2.91. The second-order valence-electron chi connectivity index (χ2n) is 3.92. The molecule has 1 aromatic carbocycles. The molecule has 4 nitrogen and oxygen atoms in total. The first kappa shape index (κ1) is 15.2. The molecule has 0 fully saturated rings. The van der Waals surface area contributed by atoms with Crippen LogP contribution in [-0.4, -0.2) is 25.1 Å². The molecule has 0 heterocycles. The van der Waals surface area contributed by atoms with E-state index in [1.807, 2.05) is 26.0 Å². The average molecular weight is 262 g/mol. The highest BCUT2D eigenvalue weighted by molar-refractivity contribution is 6.25. The van der Waals surface area contributed by atoms with Gasteiger partial charge in [0.05, 0.1) is 12.7 Å². The maximum atomic E-state index is 11.5. The highest BCUT2D eigenvalue weighted by Gasteiger charge is 2.15. The SMILES string of the molecule is CCOC(=O)C(=C=O)c1ccc(C(C)OCC)cc1. The summed E-state index contributed by atoms with van der Waals surface area (Å²) in [6.07, 6.45) is -0.0229. The molecule has 0 N–H and O–H groups in total. The van der Waals surface area contributed by atoms with Crippen LogP contribution in [0.4, 0.5) is 0 Å². The monoisotopic (exact) mass is 262 g/mol. The van der Waals surface area contributed by atoms with E-state index >= 15 is 0 Å². The first-order chi connectivity index (χ1) is 9.13. The van der Waals surface area contributed by atoms with Crippen LogP contribution in [0.25, 0.3) is 5.57 Å². The maximum Gasteiger partial charge on any atom is 0.350 e. The number of rotatable bonds is 6. The summed E-state index contributed by atoms with van der Waals surface area (Å²) in [5, 5.41) is 0. The average Bonchev–Trinajstić information content (AvgIpc) is 2.41. The summed E-state index contributed by atoms with van der Waals surface area (Å²) in [6.45, 7) is 6.42. The van der Waals surface area contributed by atoms with Crippen molar-refractivity contribution in [3.05, 3.63) is 35.4 Å². The third-order valence-electron chi connectivity index (χ3n) is 2.67. The van der Waals surface area contributed by atoms with Crippen LogP contribution in [0.3, 0.4) is 0 Å². The fourth-order valence-electron chi connectivity index (χ4n) is 1.69. The Morgan fingerprint density at radius 2 is 1.84 bits per heavy atom. The van der Waals surface area contributed by atoms with E-state index in [1.54, 1.807) is 25.0 Å². The lowest BCUT2D eigenvalue weighted by Gasteiger charge is -2.12. The molecule has 1 unspecified atom stereocenters. The van der Waals surface area contributed by atoms with Gasteiger partial charge < -0.3 is 9.47 Å². The van der Waals surface area contributed by atoms with Gasteiger partial charge in [-0.05, 0) is 26.3 Å². The molecule has 0 spiro atoms. The van der Waals surface area contributed by atoms with Crippen molar-refractivity contribution in [1.82, 2.24) is 0 Å². The Morgan fingerprint density at radius 1 is 1.21 bits per heavy atom. The zero-order valence-electron chi connectivity index (χ0n) is 11.4. The number of hydrogen-bond acceptors (Lipinski definition) is 4. The summed E-state index contributed by atoms with van der Waals surface area (Å²) < 4.78 is 10.3. The van der Waals surface area contributed by atoms with Crippen molar-refractivity contribution in [2.45, 2.75) is 26.9 Å². The van der Waals surface area contributed by atoms with Gasteiger partial charge in [0.25, 0.3) is 0 Å². The second kappa shape index (κ2) is 7.52. The first-order valence-corrected chi connectivity index (χ1v) is 6.28. The summed E-state index contributed by atoms with van der Waals surface area (Å²) in [7, 11) is 0. The van der Waals surface area contributed by atoms with Crippen molar-refractivity contribution in [3.63, 3.8) is 0 Å². The molecule has 19 heavy (non-hydrogen) atoms. The van der Waals surface area contributed by atoms with Crippen LogP contribution in [0.5, 0.6) is 0 Å². The van der Waals surface area contributed by atoms with Gasteiger partial charge in [0.2, 0.25) is 0 Å². The van der Waals surface area contributed by atoms with Crippen molar-refractivity contribution in [1.29, 1.82) is 0 Å². The quantitative estimate of drug-likeness (QED) is 0.449. The van der Waals surface area contributed by atoms with Gasteiger partial charge in [-0.1, -0.05) is 24.3 Å². The third-order valence-corrected chi connectivity index (χ3v) is 2.67. The minimum absolute atomic E-state index is 0.0229. The molecule has 1 atom stereocenters. The van der Waals surface area contributed by atoms with E-state index in [9.17, 15) is 9.59 Å². The van der Waals surface area contributed by atoms with Gasteiger partial charge in [0.1, 0.15) is 5.94 Å². The summed E-state index contributed by atoms with van der Waals surface area (Å²) in [5.74, 6) is 0.988. The molecular formula is C15H18O4. The summed E-state index contributed by atoms with van der Waals surface area (Å²) in [5.41, 5.74) is 1.40.